The molecular formula is C15H14ClNO3. The van der Waals surface area contributed by atoms with Crippen LogP contribution in [0.15, 0.2) is 42.5 Å². The second kappa shape index (κ2) is 6.30. The van der Waals surface area contributed by atoms with E-state index in [1.165, 1.54) is 13.2 Å². The van der Waals surface area contributed by atoms with Crippen molar-refractivity contribution >= 4 is 17.5 Å². The molecule has 2 rings (SSSR count). The second-order valence-electron chi connectivity index (χ2n) is 4.20. The van der Waals surface area contributed by atoms with Gasteiger partial charge in [0.15, 0.2) is 11.5 Å². The number of amides is 1. The number of rotatable bonds is 4. The lowest BCUT2D eigenvalue weighted by Crippen LogP contribution is -2.22. The van der Waals surface area contributed by atoms with Crippen molar-refractivity contribution in [3.63, 3.8) is 0 Å². The molecule has 0 aliphatic rings. The van der Waals surface area contributed by atoms with Crippen molar-refractivity contribution in [1.29, 1.82) is 0 Å². The largest absolute Gasteiger partial charge is 0.504 e. The highest BCUT2D eigenvalue weighted by atomic mass is 35.5. The number of hydrogen-bond acceptors (Lipinski definition) is 3. The number of carbonyl (C=O) groups excluding carboxylic acids is 1. The Labute approximate surface area is 122 Å². The van der Waals surface area contributed by atoms with Crippen LogP contribution in [-0.2, 0) is 6.54 Å². The molecule has 5 heteroatoms. The first kappa shape index (κ1) is 14.2. The maximum absolute atomic E-state index is 11.9. The molecule has 0 fully saturated rings. The summed E-state index contributed by atoms with van der Waals surface area (Å²) in [6.45, 7) is 0.392. The Morgan fingerprint density at radius 1 is 1.25 bits per heavy atom. The Morgan fingerprint density at radius 2 is 1.95 bits per heavy atom. The van der Waals surface area contributed by atoms with Crippen LogP contribution >= 0.6 is 11.6 Å². The number of benzene rings is 2. The highest BCUT2D eigenvalue weighted by Gasteiger charge is 2.09. The first-order valence-corrected chi connectivity index (χ1v) is 6.37. The highest BCUT2D eigenvalue weighted by Crippen LogP contribution is 2.26. The van der Waals surface area contributed by atoms with Crippen LogP contribution in [0.2, 0.25) is 5.02 Å². The van der Waals surface area contributed by atoms with Crippen molar-refractivity contribution in [1.82, 2.24) is 5.32 Å². The zero-order valence-corrected chi connectivity index (χ0v) is 11.6. The fourth-order valence-corrected chi connectivity index (χ4v) is 1.84. The van der Waals surface area contributed by atoms with Crippen LogP contribution in [-0.4, -0.2) is 18.1 Å². The molecule has 20 heavy (non-hydrogen) atoms. The normalized spacial score (nSPS) is 10.1. The first-order chi connectivity index (χ1) is 9.60. The molecule has 0 aromatic heterocycles. The second-order valence-corrected chi connectivity index (χ2v) is 4.63. The van der Waals surface area contributed by atoms with Crippen LogP contribution in [0.5, 0.6) is 11.5 Å². The Morgan fingerprint density at radius 3 is 2.55 bits per heavy atom. The third-order valence-corrected chi connectivity index (χ3v) is 3.06. The fourth-order valence-electron chi connectivity index (χ4n) is 1.72. The van der Waals surface area contributed by atoms with Gasteiger partial charge < -0.3 is 15.2 Å². The zero-order valence-electron chi connectivity index (χ0n) is 10.9. The molecule has 0 aliphatic heterocycles. The Hall–Kier alpha value is -2.20. The van der Waals surface area contributed by atoms with E-state index in [0.29, 0.717) is 22.9 Å². The van der Waals surface area contributed by atoms with E-state index in [0.717, 1.165) is 5.56 Å². The van der Waals surface area contributed by atoms with E-state index in [1.807, 2.05) is 12.1 Å². The molecule has 4 nitrogen and oxygen atoms in total. The summed E-state index contributed by atoms with van der Waals surface area (Å²) in [5.41, 5.74) is 1.32. The van der Waals surface area contributed by atoms with E-state index in [9.17, 15) is 9.90 Å². The number of ether oxygens (including phenoxy) is 1. The summed E-state index contributed by atoms with van der Waals surface area (Å²) in [5, 5.41) is 13.1. The number of carbonyl (C=O) groups is 1. The average Bonchev–Trinajstić information content (AvgIpc) is 2.46. The molecule has 2 N–H and O–H groups in total. The number of hydrogen-bond donors (Lipinski definition) is 2. The predicted octanol–water partition coefficient (Wildman–Crippen LogP) is 2.98. The van der Waals surface area contributed by atoms with Crippen LogP contribution in [0.3, 0.4) is 0 Å². The summed E-state index contributed by atoms with van der Waals surface area (Å²) in [5.74, 6) is 0.00352. The van der Waals surface area contributed by atoms with Crippen molar-refractivity contribution in [3.05, 3.63) is 58.6 Å². The van der Waals surface area contributed by atoms with Gasteiger partial charge in [-0.3, -0.25) is 4.79 Å². The number of aromatic hydroxyl groups is 1. The smallest absolute Gasteiger partial charge is 0.251 e. The predicted molar refractivity (Wildman–Crippen MR) is 77.3 cm³/mol. The van der Waals surface area contributed by atoms with Gasteiger partial charge in [-0.15, -0.1) is 0 Å². The molecule has 1 amide bonds. The van der Waals surface area contributed by atoms with Crippen molar-refractivity contribution in [3.8, 4) is 11.5 Å². The van der Waals surface area contributed by atoms with Gasteiger partial charge in [-0.05, 0) is 35.9 Å². The number of methoxy groups -OCH3 is 1. The van der Waals surface area contributed by atoms with E-state index in [2.05, 4.69) is 5.32 Å². The minimum Gasteiger partial charge on any atom is -0.504 e. The fraction of sp³-hybridized carbons (Fsp3) is 0.133. The molecule has 0 bridgehead atoms. The Kier molecular flexibility index (Phi) is 4.48. The molecule has 2 aromatic carbocycles. The summed E-state index contributed by atoms with van der Waals surface area (Å²) >= 11 is 5.79. The van der Waals surface area contributed by atoms with Gasteiger partial charge in [0.1, 0.15) is 0 Å². The molecule has 0 radical (unpaired) electrons. The average molecular weight is 292 g/mol. The van der Waals surface area contributed by atoms with Crippen molar-refractivity contribution in [2.75, 3.05) is 7.11 Å². The minimum atomic E-state index is -0.266. The third kappa shape index (κ3) is 3.42. The Balaban J connectivity index is 2.01. The number of halogens is 1. The van der Waals surface area contributed by atoms with Crippen molar-refractivity contribution in [2.24, 2.45) is 0 Å². The van der Waals surface area contributed by atoms with Crippen LogP contribution in [0.25, 0.3) is 0 Å². The summed E-state index contributed by atoms with van der Waals surface area (Å²) in [7, 11) is 1.45. The molecule has 0 atom stereocenters. The maximum Gasteiger partial charge on any atom is 0.251 e. The lowest BCUT2D eigenvalue weighted by molar-refractivity contribution is 0.0950. The van der Waals surface area contributed by atoms with Gasteiger partial charge in [-0.25, -0.2) is 0 Å². The molecule has 0 heterocycles. The van der Waals surface area contributed by atoms with Crippen LogP contribution in [0.4, 0.5) is 0 Å². The molecule has 0 saturated carbocycles. The lowest BCUT2D eigenvalue weighted by Gasteiger charge is -2.08. The van der Waals surface area contributed by atoms with Gasteiger partial charge in [0.25, 0.3) is 5.91 Å². The molecule has 104 valence electrons. The van der Waals surface area contributed by atoms with Gasteiger partial charge in [-0.1, -0.05) is 23.7 Å². The van der Waals surface area contributed by atoms with Crippen LogP contribution in [0.1, 0.15) is 15.9 Å². The SMILES string of the molecule is COc1ccc(C(=O)NCc2ccc(Cl)cc2)cc1O. The van der Waals surface area contributed by atoms with Gasteiger partial charge in [0, 0.05) is 17.1 Å². The lowest BCUT2D eigenvalue weighted by atomic mass is 10.1. The van der Waals surface area contributed by atoms with E-state index in [1.54, 1.807) is 24.3 Å². The third-order valence-electron chi connectivity index (χ3n) is 2.81. The van der Waals surface area contributed by atoms with E-state index >= 15 is 0 Å². The zero-order chi connectivity index (χ0) is 14.5. The van der Waals surface area contributed by atoms with Crippen LogP contribution < -0.4 is 10.1 Å². The van der Waals surface area contributed by atoms with E-state index in [4.69, 9.17) is 16.3 Å². The summed E-state index contributed by atoms with van der Waals surface area (Å²) < 4.78 is 4.93. The van der Waals surface area contributed by atoms with Crippen molar-refractivity contribution in [2.45, 2.75) is 6.54 Å². The van der Waals surface area contributed by atoms with Crippen molar-refractivity contribution < 1.29 is 14.6 Å². The summed E-state index contributed by atoms with van der Waals surface area (Å²) in [6, 6.07) is 11.7. The monoisotopic (exact) mass is 291 g/mol. The molecule has 0 saturated heterocycles. The molecule has 2 aromatic rings. The number of nitrogens with one attached hydrogen (secondary N) is 1. The maximum atomic E-state index is 11.9. The first-order valence-electron chi connectivity index (χ1n) is 6.00. The molecular weight excluding hydrogens is 278 g/mol. The molecule has 0 aliphatic carbocycles. The quantitative estimate of drug-likeness (QED) is 0.910. The number of phenolic OH excluding ortho intramolecular Hbond substituents is 1. The van der Waals surface area contributed by atoms with Gasteiger partial charge in [0.2, 0.25) is 0 Å². The van der Waals surface area contributed by atoms with E-state index < -0.39 is 0 Å². The number of phenols is 1. The minimum absolute atomic E-state index is 0.0633. The summed E-state index contributed by atoms with van der Waals surface area (Å²) in [6.07, 6.45) is 0. The molecule has 0 unspecified atom stereocenters. The standard InChI is InChI=1S/C15H14ClNO3/c1-20-14-7-4-11(8-13(14)18)15(19)17-9-10-2-5-12(16)6-3-10/h2-8,18H,9H2,1H3,(H,17,19). The van der Waals surface area contributed by atoms with Gasteiger partial charge >= 0.3 is 0 Å². The van der Waals surface area contributed by atoms with Gasteiger partial charge in [-0.2, -0.15) is 0 Å². The van der Waals surface area contributed by atoms with E-state index in [-0.39, 0.29) is 11.7 Å². The van der Waals surface area contributed by atoms with Crippen LogP contribution in [0, 0.1) is 0 Å². The highest BCUT2D eigenvalue weighted by molar-refractivity contribution is 6.30. The topological polar surface area (TPSA) is 58.6 Å². The summed E-state index contributed by atoms with van der Waals surface area (Å²) in [4.78, 5) is 11.9. The van der Waals surface area contributed by atoms with Gasteiger partial charge in [0.05, 0.1) is 7.11 Å². The molecule has 0 spiro atoms. The Bertz CT molecular complexity index is 611.